The molecule has 0 unspecified atom stereocenters. The first-order valence-electron chi connectivity index (χ1n) is 8.98. The molecule has 0 saturated heterocycles. The highest BCUT2D eigenvalue weighted by atomic mass is 32.2. The van der Waals surface area contributed by atoms with Gasteiger partial charge in [0.25, 0.3) is 0 Å². The molecule has 0 aliphatic carbocycles. The van der Waals surface area contributed by atoms with E-state index in [1.165, 1.54) is 17.3 Å². The molecule has 0 spiro atoms. The highest BCUT2D eigenvalue weighted by Gasteiger charge is 2.03. The maximum Gasteiger partial charge on any atom is 0.250 e. The Balaban J connectivity index is 1.50. The number of benzene rings is 3. The van der Waals surface area contributed by atoms with E-state index in [0.717, 1.165) is 21.8 Å². The van der Waals surface area contributed by atoms with E-state index in [-0.39, 0.29) is 5.91 Å². The molecule has 3 aromatic rings. The van der Waals surface area contributed by atoms with Crippen molar-refractivity contribution in [2.24, 2.45) is 5.10 Å². The number of rotatable bonds is 8. The summed E-state index contributed by atoms with van der Waals surface area (Å²) in [7, 11) is 0. The smallest absolute Gasteiger partial charge is 0.250 e. The van der Waals surface area contributed by atoms with Crippen LogP contribution in [0.15, 0.2) is 88.9 Å². The second kappa shape index (κ2) is 10.3. The van der Waals surface area contributed by atoms with E-state index in [1.54, 1.807) is 6.21 Å². The molecule has 4 nitrogen and oxygen atoms in total. The number of nitrogens with one attached hydrogen (secondary N) is 1. The number of hydrogen-bond donors (Lipinski definition) is 1. The van der Waals surface area contributed by atoms with E-state index in [4.69, 9.17) is 4.74 Å². The minimum Gasteiger partial charge on any atom is -0.488 e. The number of nitrogens with zero attached hydrogens (tertiary/aromatic N) is 1. The fraction of sp³-hybridized carbons (Fsp3) is 0.130. The van der Waals surface area contributed by atoms with Crippen LogP contribution in [0.2, 0.25) is 0 Å². The Bertz CT molecular complexity index is 925. The van der Waals surface area contributed by atoms with Crippen molar-refractivity contribution in [3.63, 3.8) is 0 Å². The van der Waals surface area contributed by atoms with Crippen LogP contribution in [0.25, 0.3) is 0 Å². The molecule has 1 N–H and O–H groups in total. The minimum atomic E-state index is -0.149. The van der Waals surface area contributed by atoms with Gasteiger partial charge in [-0.15, -0.1) is 11.8 Å². The molecule has 0 heterocycles. The molecule has 28 heavy (non-hydrogen) atoms. The van der Waals surface area contributed by atoms with Crippen LogP contribution >= 0.6 is 11.8 Å². The second-order valence-electron chi connectivity index (χ2n) is 6.21. The summed E-state index contributed by atoms with van der Waals surface area (Å²) in [6.45, 7) is 2.52. The fourth-order valence-corrected chi connectivity index (χ4v) is 3.13. The summed E-state index contributed by atoms with van der Waals surface area (Å²) in [5.74, 6) is 0.884. The Morgan fingerprint density at radius 2 is 1.71 bits per heavy atom. The average molecular weight is 391 g/mol. The van der Waals surface area contributed by atoms with Gasteiger partial charge in [0.05, 0.1) is 12.0 Å². The number of hydrogen-bond acceptors (Lipinski definition) is 4. The zero-order valence-electron chi connectivity index (χ0n) is 15.7. The molecule has 0 aliphatic heterocycles. The van der Waals surface area contributed by atoms with E-state index in [9.17, 15) is 4.79 Å². The third-order valence-electron chi connectivity index (χ3n) is 3.94. The topological polar surface area (TPSA) is 50.7 Å². The van der Waals surface area contributed by atoms with Gasteiger partial charge in [-0.05, 0) is 36.8 Å². The highest BCUT2D eigenvalue weighted by molar-refractivity contribution is 8.00. The van der Waals surface area contributed by atoms with Crippen LogP contribution in [-0.2, 0) is 11.4 Å². The molecule has 0 aromatic heterocycles. The van der Waals surface area contributed by atoms with E-state index in [1.807, 2.05) is 85.8 Å². The van der Waals surface area contributed by atoms with Crippen LogP contribution < -0.4 is 10.2 Å². The molecule has 142 valence electrons. The largest absolute Gasteiger partial charge is 0.488 e. The molecule has 5 heteroatoms. The Labute approximate surface area is 169 Å². The Hall–Kier alpha value is -3.05. The molecule has 0 bridgehead atoms. The molecule has 0 radical (unpaired) electrons. The van der Waals surface area contributed by atoms with Crippen molar-refractivity contribution >= 4 is 23.9 Å². The molecule has 3 rings (SSSR count). The molecule has 0 aliphatic rings. The van der Waals surface area contributed by atoms with Gasteiger partial charge < -0.3 is 4.74 Å². The quantitative estimate of drug-likeness (QED) is 0.341. The van der Waals surface area contributed by atoms with Crippen molar-refractivity contribution in [1.29, 1.82) is 0 Å². The molecule has 0 fully saturated rings. The van der Waals surface area contributed by atoms with Crippen molar-refractivity contribution in [2.75, 3.05) is 5.75 Å². The lowest BCUT2D eigenvalue weighted by Crippen LogP contribution is -2.19. The van der Waals surface area contributed by atoms with Crippen molar-refractivity contribution in [1.82, 2.24) is 5.43 Å². The summed E-state index contributed by atoms with van der Waals surface area (Å²) in [4.78, 5) is 13.1. The normalized spacial score (nSPS) is 10.8. The number of para-hydroxylation sites is 1. The molecule has 3 aromatic carbocycles. The first-order valence-corrected chi connectivity index (χ1v) is 9.96. The minimum absolute atomic E-state index is 0.149. The fourth-order valence-electron chi connectivity index (χ4n) is 2.44. The summed E-state index contributed by atoms with van der Waals surface area (Å²) >= 11 is 1.48. The highest BCUT2D eigenvalue weighted by Crippen LogP contribution is 2.19. The standard InChI is InChI=1S/C23H22N2O2S/c1-18-11-13-21(14-12-18)28-17-23(26)25-24-15-20-9-5-6-10-22(20)27-16-19-7-3-2-4-8-19/h2-15H,16-17H2,1H3,(H,25,26)/b24-15-. The summed E-state index contributed by atoms with van der Waals surface area (Å²) in [5.41, 5.74) is 5.67. The zero-order valence-corrected chi connectivity index (χ0v) is 16.5. The van der Waals surface area contributed by atoms with Crippen LogP contribution in [-0.4, -0.2) is 17.9 Å². The van der Waals surface area contributed by atoms with Gasteiger partial charge in [0.15, 0.2) is 0 Å². The second-order valence-corrected chi connectivity index (χ2v) is 7.26. The van der Waals surface area contributed by atoms with Crippen molar-refractivity contribution in [2.45, 2.75) is 18.4 Å². The molecular formula is C23H22N2O2S. The monoisotopic (exact) mass is 390 g/mol. The van der Waals surface area contributed by atoms with Crippen LogP contribution in [0.5, 0.6) is 5.75 Å². The van der Waals surface area contributed by atoms with Crippen LogP contribution in [0, 0.1) is 6.92 Å². The number of hydrazone groups is 1. The first-order chi connectivity index (χ1) is 13.7. The average Bonchev–Trinajstić information content (AvgIpc) is 2.73. The molecule has 1 amide bonds. The first kappa shape index (κ1) is 19.7. The third kappa shape index (κ3) is 6.28. The predicted octanol–water partition coefficient (Wildman–Crippen LogP) is 4.82. The molecular weight excluding hydrogens is 368 g/mol. The Morgan fingerprint density at radius 3 is 2.50 bits per heavy atom. The van der Waals surface area contributed by atoms with Gasteiger partial charge in [-0.25, -0.2) is 5.43 Å². The number of carbonyl (C=O) groups excluding carboxylic acids is 1. The van der Waals surface area contributed by atoms with Crippen molar-refractivity contribution in [3.05, 3.63) is 95.6 Å². The van der Waals surface area contributed by atoms with E-state index >= 15 is 0 Å². The van der Waals surface area contributed by atoms with Gasteiger partial charge >= 0.3 is 0 Å². The lowest BCUT2D eigenvalue weighted by Gasteiger charge is -2.09. The van der Waals surface area contributed by atoms with E-state index in [0.29, 0.717) is 12.4 Å². The summed E-state index contributed by atoms with van der Waals surface area (Å²) < 4.78 is 5.89. The van der Waals surface area contributed by atoms with Gasteiger partial charge in [-0.2, -0.15) is 5.10 Å². The number of amides is 1. The maximum absolute atomic E-state index is 12.0. The number of carbonyl (C=O) groups is 1. The van der Waals surface area contributed by atoms with E-state index in [2.05, 4.69) is 10.5 Å². The Morgan fingerprint density at radius 1 is 1.00 bits per heavy atom. The number of thioether (sulfide) groups is 1. The molecule has 0 saturated carbocycles. The number of ether oxygens (including phenoxy) is 1. The van der Waals surface area contributed by atoms with Gasteiger partial charge in [-0.3, -0.25) is 4.79 Å². The lowest BCUT2D eigenvalue weighted by atomic mass is 10.2. The zero-order chi connectivity index (χ0) is 19.6. The lowest BCUT2D eigenvalue weighted by molar-refractivity contribution is -0.118. The third-order valence-corrected chi connectivity index (χ3v) is 4.95. The summed E-state index contributed by atoms with van der Waals surface area (Å²) in [6, 6.07) is 25.7. The molecule has 0 atom stereocenters. The van der Waals surface area contributed by atoms with Gasteiger partial charge in [-0.1, -0.05) is 60.2 Å². The van der Waals surface area contributed by atoms with Crippen molar-refractivity contribution < 1.29 is 9.53 Å². The van der Waals surface area contributed by atoms with Gasteiger partial charge in [0, 0.05) is 10.5 Å². The SMILES string of the molecule is Cc1ccc(SCC(=O)N/N=C\c2ccccc2OCc2ccccc2)cc1. The van der Waals surface area contributed by atoms with E-state index < -0.39 is 0 Å². The van der Waals surface area contributed by atoms with Gasteiger partial charge in [0.1, 0.15) is 12.4 Å². The van der Waals surface area contributed by atoms with Crippen LogP contribution in [0.4, 0.5) is 0 Å². The maximum atomic E-state index is 12.0. The van der Waals surface area contributed by atoms with Crippen molar-refractivity contribution in [3.8, 4) is 5.75 Å². The summed E-state index contributed by atoms with van der Waals surface area (Å²) in [6.07, 6.45) is 1.61. The number of aryl methyl sites for hydroxylation is 1. The van der Waals surface area contributed by atoms with Crippen LogP contribution in [0.1, 0.15) is 16.7 Å². The summed E-state index contributed by atoms with van der Waals surface area (Å²) in [5, 5.41) is 4.07. The Kier molecular flexibility index (Phi) is 7.27. The van der Waals surface area contributed by atoms with Crippen LogP contribution in [0.3, 0.4) is 0 Å². The van der Waals surface area contributed by atoms with Gasteiger partial charge in [0.2, 0.25) is 5.91 Å². The predicted molar refractivity (Wildman–Crippen MR) is 115 cm³/mol.